The largest absolute Gasteiger partial charge is 0.491 e. The van der Waals surface area contributed by atoms with E-state index in [0.717, 1.165) is 23.3 Å². The van der Waals surface area contributed by atoms with Crippen LogP contribution in [0.25, 0.3) is 0 Å². The van der Waals surface area contributed by atoms with Gasteiger partial charge in [-0.3, -0.25) is 9.59 Å². The standard InChI is InChI=1S/C29H34N2O3S/c1-20-11-12-25(21(2)17-20)34-19-24-23-14-16-35-26(23)13-15-30(24)27(32)18-31(29(3,4)5)28(33)22-9-7-6-8-10-22/h6-12,14,16-17,24H,13,15,18-19H2,1-5H3/t24-/m1/s1. The molecule has 2 heterocycles. The minimum atomic E-state index is -0.503. The average Bonchev–Trinajstić information content (AvgIpc) is 3.30. The number of aryl methyl sites for hydroxylation is 2. The molecule has 3 aromatic rings. The summed E-state index contributed by atoms with van der Waals surface area (Å²) in [6.45, 7) is 11.0. The fourth-order valence-electron chi connectivity index (χ4n) is 4.58. The van der Waals surface area contributed by atoms with E-state index in [1.807, 2.05) is 62.9 Å². The molecule has 1 atom stereocenters. The number of hydrogen-bond donors (Lipinski definition) is 0. The maximum Gasteiger partial charge on any atom is 0.254 e. The molecule has 1 aliphatic heterocycles. The molecule has 5 nitrogen and oxygen atoms in total. The van der Waals surface area contributed by atoms with Crippen LogP contribution >= 0.6 is 11.3 Å². The van der Waals surface area contributed by atoms with Gasteiger partial charge in [0.15, 0.2) is 0 Å². The first kappa shape index (κ1) is 25.0. The molecular formula is C29H34N2O3S. The summed E-state index contributed by atoms with van der Waals surface area (Å²) in [7, 11) is 0. The van der Waals surface area contributed by atoms with E-state index < -0.39 is 5.54 Å². The monoisotopic (exact) mass is 490 g/mol. The van der Waals surface area contributed by atoms with Gasteiger partial charge in [0, 0.05) is 22.5 Å². The molecule has 4 rings (SSSR count). The van der Waals surface area contributed by atoms with Crippen molar-refractivity contribution in [1.82, 2.24) is 9.80 Å². The van der Waals surface area contributed by atoms with Gasteiger partial charge >= 0.3 is 0 Å². The SMILES string of the molecule is Cc1ccc(OC[C@@H]2c3ccsc3CCN2C(=O)CN(C(=O)c2ccccc2)C(C)(C)C)c(C)c1. The Hall–Kier alpha value is -3.12. The normalized spacial score (nSPS) is 15.5. The van der Waals surface area contributed by atoms with Crippen LogP contribution in [0.5, 0.6) is 5.75 Å². The van der Waals surface area contributed by atoms with E-state index in [1.54, 1.807) is 28.4 Å². The molecule has 0 radical (unpaired) electrons. The van der Waals surface area contributed by atoms with Crippen LogP contribution in [0.1, 0.15) is 58.7 Å². The molecule has 2 amide bonds. The third-order valence-corrected chi connectivity index (χ3v) is 7.51. The molecule has 1 aromatic heterocycles. The zero-order valence-electron chi connectivity index (χ0n) is 21.2. The third-order valence-electron chi connectivity index (χ3n) is 6.51. The highest BCUT2D eigenvalue weighted by Crippen LogP contribution is 2.34. The van der Waals surface area contributed by atoms with Gasteiger partial charge in [-0.2, -0.15) is 0 Å². The molecule has 0 saturated heterocycles. The Kier molecular flexibility index (Phi) is 7.31. The Labute approximate surface area is 212 Å². The van der Waals surface area contributed by atoms with E-state index >= 15 is 0 Å². The van der Waals surface area contributed by atoms with Crippen molar-refractivity contribution in [3.63, 3.8) is 0 Å². The van der Waals surface area contributed by atoms with E-state index in [9.17, 15) is 9.59 Å². The molecule has 0 aliphatic carbocycles. The fourth-order valence-corrected chi connectivity index (χ4v) is 5.51. The average molecular weight is 491 g/mol. The Bertz CT molecular complexity index is 1200. The first-order valence-corrected chi connectivity index (χ1v) is 13.0. The minimum absolute atomic E-state index is 0.0246. The molecular weight excluding hydrogens is 456 g/mol. The van der Waals surface area contributed by atoms with Gasteiger partial charge < -0.3 is 14.5 Å². The van der Waals surface area contributed by atoms with Crippen LogP contribution in [0.15, 0.2) is 60.0 Å². The van der Waals surface area contributed by atoms with Crippen molar-refractivity contribution in [2.75, 3.05) is 19.7 Å². The van der Waals surface area contributed by atoms with Gasteiger partial charge in [0.05, 0.1) is 6.04 Å². The Morgan fingerprint density at radius 2 is 1.83 bits per heavy atom. The van der Waals surface area contributed by atoms with E-state index in [4.69, 9.17) is 4.74 Å². The van der Waals surface area contributed by atoms with Crippen molar-refractivity contribution in [2.45, 2.75) is 52.6 Å². The molecule has 6 heteroatoms. The molecule has 35 heavy (non-hydrogen) atoms. The summed E-state index contributed by atoms with van der Waals surface area (Å²) in [5, 5.41) is 2.09. The highest BCUT2D eigenvalue weighted by atomic mass is 32.1. The Morgan fingerprint density at radius 1 is 1.09 bits per heavy atom. The summed E-state index contributed by atoms with van der Waals surface area (Å²) in [6.07, 6.45) is 0.820. The summed E-state index contributed by atoms with van der Waals surface area (Å²) in [5.41, 5.74) is 3.50. The number of carbonyl (C=O) groups is 2. The predicted octanol–water partition coefficient (Wildman–Crippen LogP) is 5.81. The zero-order chi connectivity index (χ0) is 25.2. The number of amides is 2. The summed E-state index contributed by atoms with van der Waals surface area (Å²) in [5.74, 6) is 0.638. The second kappa shape index (κ2) is 10.2. The van der Waals surface area contributed by atoms with Crippen LogP contribution in [0.2, 0.25) is 0 Å². The van der Waals surface area contributed by atoms with E-state index in [0.29, 0.717) is 18.7 Å². The number of nitrogens with zero attached hydrogens (tertiary/aromatic N) is 2. The van der Waals surface area contributed by atoms with E-state index in [1.165, 1.54) is 10.4 Å². The minimum Gasteiger partial charge on any atom is -0.491 e. The predicted molar refractivity (Wildman–Crippen MR) is 141 cm³/mol. The van der Waals surface area contributed by atoms with E-state index in [-0.39, 0.29) is 24.4 Å². The van der Waals surface area contributed by atoms with Crippen molar-refractivity contribution in [2.24, 2.45) is 0 Å². The molecule has 2 aromatic carbocycles. The maximum absolute atomic E-state index is 13.7. The lowest BCUT2D eigenvalue weighted by atomic mass is 9.99. The second-order valence-corrected chi connectivity index (χ2v) is 11.2. The Balaban J connectivity index is 1.57. The molecule has 0 N–H and O–H groups in total. The highest BCUT2D eigenvalue weighted by Gasteiger charge is 2.36. The van der Waals surface area contributed by atoms with E-state index in [2.05, 4.69) is 24.4 Å². The topological polar surface area (TPSA) is 49.9 Å². The van der Waals surface area contributed by atoms with Gasteiger partial charge in [-0.05, 0) is 81.8 Å². The number of rotatable bonds is 6. The van der Waals surface area contributed by atoms with Crippen LogP contribution in [-0.4, -0.2) is 46.8 Å². The van der Waals surface area contributed by atoms with Gasteiger partial charge in [-0.25, -0.2) is 0 Å². The van der Waals surface area contributed by atoms with Crippen molar-refractivity contribution in [3.05, 3.63) is 87.1 Å². The van der Waals surface area contributed by atoms with Crippen molar-refractivity contribution in [3.8, 4) is 5.75 Å². The number of ether oxygens (including phenoxy) is 1. The van der Waals surface area contributed by atoms with Gasteiger partial charge in [0.25, 0.3) is 5.91 Å². The number of benzene rings is 2. The molecule has 1 aliphatic rings. The molecule has 0 fully saturated rings. The summed E-state index contributed by atoms with van der Waals surface area (Å²) in [6, 6.07) is 17.2. The third kappa shape index (κ3) is 5.59. The van der Waals surface area contributed by atoms with Gasteiger partial charge in [-0.1, -0.05) is 35.9 Å². The van der Waals surface area contributed by atoms with Crippen molar-refractivity contribution < 1.29 is 14.3 Å². The van der Waals surface area contributed by atoms with Crippen LogP contribution in [0, 0.1) is 13.8 Å². The molecule has 0 spiro atoms. The molecule has 0 bridgehead atoms. The molecule has 0 saturated carbocycles. The summed E-state index contributed by atoms with van der Waals surface area (Å²) in [4.78, 5) is 32.0. The first-order valence-electron chi connectivity index (χ1n) is 12.1. The second-order valence-electron chi connectivity index (χ2n) is 10.2. The van der Waals surface area contributed by atoms with Gasteiger partial charge in [0.2, 0.25) is 5.91 Å². The van der Waals surface area contributed by atoms with Gasteiger partial charge in [-0.15, -0.1) is 11.3 Å². The van der Waals surface area contributed by atoms with Crippen LogP contribution in [-0.2, 0) is 11.2 Å². The van der Waals surface area contributed by atoms with Crippen molar-refractivity contribution in [1.29, 1.82) is 0 Å². The molecule has 0 unspecified atom stereocenters. The summed E-state index contributed by atoms with van der Waals surface area (Å²) < 4.78 is 6.26. The van der Waals surface area contributed by atoms with Crippen LogP contribution in [0.4, 0.5) is 0 Å². The lowest BCUT2D eigenvalue weighted by Crippen LogP contribution is -2.53. The van der Waals surface area contributed by atoms with Gasteiger partial charge in [0.1, 0.15) is 18.9 Å². The van der Waals surface area contributed by atoms with Crippen LogP contribution in [0.3, 0.4) is 0 Å². The maximum atomic E-state index is 13.7. The Morgan fingerprint density at radius 3 is 2.51 bits per heavy atom. The zero-order valence-corrected chi connectivity index (χ0v) is 22.0. The smallest absolute Gasteiger partial charge is 0.254 e. The lowest BCUT2D eigenvalue weighted by Gasteiger charge is -2.40. The number of carbonyl (C=O) groups excluding carboxylic acids is 2. The lowest BCUT2D eigenvalue weighted by molar-refractivity contribution is -0.136. The number of hydrogen-bond acceptors (Lipinski definition) is 4. The first-order chi connectivity index (χ1) is 16.6. The number of thiophene rings is 1. The highest BCUT2D eigenvalue weighted by molar-refractivity contribution is 7.10. The van der Waals surface area contributed by atoms with Crippen LogP contribution < -0.4 is 4.74 Å². The van der Waals surface area contributed by atoms with Crippen molar-refractivity contribution >= 4 is 23.2 Å². The summed E-state index contributed by atoms with van der Waals surface area (Å²) >= 11 is 1.73. The molecule has 184 valence electrons. The fraction of sp³-hybridized carbons (Fsp3) is 0.379. The quantitative estimate of drug-likeness (QED) is 0.438. The number of fused-ring (bicyclic) bond motifs is 1.